The quantitative estimate of drug-likeness (QED) is 0.629. The topological polar surface area (TPSA) is 64.1 Å². The van der Waals surface area contributed by atoms with Crippen molar-refractivity contribution in [3.8, 4) is 17.3 Å². The molecule has 1 heterocycles. The number of aromatic nitrogens is 2. The summed E-state index contributed by atoms with van der Waals surface area (Å²) in [5.41, 5.74) is 3.06. The Morgan fingerprint density at radius 3 is 2.30 bits per heavy atom. The highest BCUT2D eigenvalue weighted by Crippen LogP contribution is 2.30. The first-order chi connectivity index (χ1) is 14.1. The number of nitrogens with zero attached hydrogens (tertiary/aromatic N) is 2. The number of nitrogens with one attached hydrogen (secondary N) is 1. The molecule has 0 fully saturated rings. The van der Waals surface area contributed by atoms with Crippen molar-refractivity contribution >= 4 is 11.6 Å². The van der Waals surface area contributed by atoms with Gasteiger partial charge in [0.1, 0.15) is 0 Å². The lowest BCUT2D eigenvalue weighted by molar-refractivity contribution is -0.137. The average molecular weight is 415 g/mol. The molecule has 0 saturated heterocycles. The van der Waals surface area contributed by atoms with E-state index in [0.29, 0.717) is 16.9 Å². The SMILES string of the molecule is Cc1cc(OCC(=O)Nc2ccc(C)c(C)c2)nc(-c2ccc(C(F)(F)F)cc2)n1. The molecule has 1 amide bonds. The molecule has 0 radical (unpaired) electrons. The van der Waals surface area contributed by atoms with Gasteiger partial charge in [0.15, 0.2) is 12.4 Å². The van der Waals surface area contributed by atoms with Crippen molar-refractivity contribution < 1.29 is 22.7 Å². The highest BCUT2D eigenvalue weighted by atomic mass is 19.4. The first-order valence-corrected chi connectivity index (χ1v) is 9.15. The highest BCUT2D eigenvalue weighted by molar-refractivity contribution is 5.92. The van der Waals surface area contributed by atoms with E-state index in [4.69, 9.17) is 4.74 Å². The number of aryl methyl sites for hydroxylation is 3. The molecule has 0 bridgehead atoms. The average Bonchev–Trinajstić information content (AvgIpc) is 2.68. The Kier molecular flexibility index (Phi) is 6.05. The first-order valence-electron chi connectivity index (χ1n) is 9.15. The lowest BCUT2D eigenvalue weighted by Crippen LogP contribution is -2.20. The molecule has 0 atom stereocenters. The number of rotatable bonds is 5. The number of carbonyl (C=O) groups excluding carboxylic acids is 1. The minimum Gasteiger partial charge on any atom is -0.467 e. The van der Waals surface area contributed by atoms with Crippen LogP contribution in [0.15, 0.2) is 48.5 Å². The van der Waals surface area contributed by atoms with Crippen LogP contribution in [0.3, 0.4) is 0 Å². The number of anilines is 1. The molecule has 1 aromatic heterocycles. The van der Waals surface area contributed by atoms with Crippen molar-refractivity contribution in [2.75, 3.05) is 11.9 Å². The van der Waals surface area contributed by atoms with Gasteiger partial charge in [0, 0.05) is 23.0 Å². The molecule has 5 nitrogen and oxygen atoms in total. The summed E-state index contributed by atoms with van der Waals surface area (Å²) in [6, 6.07) is 11.7. The van der Waals surface area contributed by atoms with Gasteiger partial charge in [0.05, 0.1) is 5.56 Å². The van der Waals surface area contributed by atoms with Crippen molar-refractivity contribution in [1.82, 2.24) is 9.97 Å². The normalized spacial score (nSPS) is 11.3. The van der Waals surface area contributed by atoms with Crippen LogP contribution in [0.1, 0.15) is 22.4 Å². The molecule has 156 valence electrons. The predicted octanol–water partition coefficient (Wildman–Crippen LogP) is 5.11. The van der Waals surface area contributed by atoms with E-state index in [9.17, 15) is 18.0 Å². The molecule has 2 aromatic carbocycles. The largest absolute Gasteiger partial charge is 0.467 e. The van der Waals surface area contributed by atoms with Gasteiger partial charge in [-0.1, -0.05) is 18.2 Å². The Morgan fingerprint density at radius 1 is 0.967 bits per heavy atom. The minimum atomic E-state index is -4.41. The van der Waals surface area contributed by atoms with Gasteiger partial charge in [-0.2, -0.15) is 18.2 Å². The van der Waals surface area contributed by atoms with Crippen molar-refractivity contribution in [2.45, 2.75) is 26.9 Å². The van der Waals surface area contributed by atoms with Gasteiger partial charge >= 0.3 is 6.18 Å². The van der Waals surface area contributed by atoms with Crippen LogP contribution >= 0.6 is 0 Å². The molecule has 0 aliphatic carbocycles. The molecule has 0 spiro atoms. The van der Waals surface area contributed by atoms with Crippen LogP contribution in [0.2, 0.25) is 0 Å². The summed E-state index contributed by atoms with van der Waals surface area (Å²) in [4.78, 5) is 20.6. The second-order valence-corrected chi connectivity index (χ2v) is 6.88. The summed E-state index contributed by atoms with van der Waals surface area (Å²) < 4.78 is 43.7. The molecule has 3 aromatic rings. The second-order valence-electron chi connectivity index (χ2n) is 6.88. The predicted molar refractivity (Wildman–Crippen MR) is 107 cm³/mol. The zero-order valence-electron chi connectivity index (χ0n) is 16.7. The molecule has 8 heteroatoms. The first kappa shape index (κ1) is 21.3. The summed E-state index contributed by atoms with van der Waals surface area (Å²) in [7, 11) is 0. The lowest BCUT2D eigenvalue weighted by Gasteiger charge is -2.10. The number of benzene rings is 2. The van der Waals surface area contributed by atoms with Gasteiger partial charge < -0.3 is 10.1 Å². The lowest BCUT2D eigenvalue weighted by atomic mass is 10.1. The Morgan fingerprint density at radius 2 is 1.67 bits per heavy atom. The molecular formula is C22H20F3N3O2. The van der Waals surface area contributed by atoms with Crippen molar-refractivity contribution in [3.63, 3.8) is 0 Å². The van der Waals surface area contributed by atoms with Gasteiger partial charge in [-0.05, 0) is 56.2 Å². The molecule has 3 rings (SSSR count). The molecule has 1 N–H and O–H groups in total. The maximum absolute atomic E-state index is 12.7. The third-order valence-corrected chi connectivity index (χ3v) is 4.44. The minimum absolute atomic E-state index is 0.160. The van der Waals surface area contributed by atoms with Crippen LogP contribution in [-0.2, 0) is 11.0 Å². The number of alkyl halides is 3. The molecule has 0 saturated carbocycles. The van der Waals surface area contributed by atoms with Crippen molar-refractivity contribution in [1.29, 1.82) is 0 Å². The number of ether oxygens (including phenoxy) is 1. The summed E-state index contributed by atoms with van der Waals surface area (Å²) in [5, 5.41) is 2.75. The Labute approximate surface area is 171 Å². The Bertz CT molecular complexity index is 1060. The number of hydrogen-bond donors (Lipinski definition) is 1. The van der Waals surface area contributed by atoms with Gasteiger partial charge in [0.2, 0.25) is 5.88 Å². The van der Waals surface area contributed by atoms with Crippen LogP contribution in [0.25, 0.3) is 11.4 Å². The van der Waals surface area contributed by atoms with Gasteiger partial charge in [0.25, 0.3) is 5.91 Å². The van der Waals surface area contributed by atoms with Crippen molar-refractivity contribution in [2.24, 2.45) is 0 Å². The fourth-order valence-electron chi connectivity index (χ4n) is 2.71. The fraction of sp³-hybridized carbons (Fsp3) is 0.227. The molecule has 30 heavy (non-hydrogen) atoms. The van der Waals surface area contributed by atoms with Crippen LogP contribution in [0, 0.1) is 20.8 Å². The number of halogens is 3. The van der Waals surface area contributed by atoms with E-state index in [1.807, 2.05) is 26.0 Å². The van der Waals surface area contributed by atoms with E-state index >= 15 is 0 Å². The molecular weight excluding hydrogens is 395 g/mol. The maximum atomic E-state index is 12.7. The summed E-state index contributed by atoms with van der Waals surface area (Å²) in [6.07, 6.45) is -4.41. The third-order valence-electron chi connectivity index (χ3n) is 4.44. The van der Waals surface area contributed by atoms with Gasteiger partial charge in [-0.25, -0.2) is 4.98 Å². The molecule has 0 aliphatic rings. The summed E-state index contributed by atoms with van der Waals surface area (Å²) in [5.74, 6) is 0.0199. The number of amides is 1. The Hall–Kier alpha value is -3.42. The third kappa shape index (κ3) is 5.34. The highest BCUT2D eigenvalue weighted by Gasteiger charge is 2.30. The van der Waals surface area contributed by atoms with Crippen LogP contribution in [-0.4, -0.2) is 22.5 Å². The Balaban J connectivity index is 1.69. The number of carbonyl (C=O) groups is 1. The monoisotopic (exact) mass is 415 g/mol. The van der Waals surface area contributed by atoms with Gasteiger partial charge in [-0.3, -0.25) is 4.79 Å². The smallest absolute Gasteiger partial charge is 0.416 e. The van der Waals surface area contributed by atoms with E-state index < -0.39 is 11.7 Å². The maximum Gasteiger partial charge on any atom is 0.416 e. The van der Waals surface area contributed by atoms with Gasteiger partial charge in [-0.15, -0.1) is 0 Å². The number of hydrogen-bond acceptors (Lipinski definition) is 4. The summed E-state index contributed by atoms with van der Waals surface area (Å²) >= 11 is 0. The van der Waals surface area contributed by atoms with E-state index in [2.05, 4.69) is 15.3 Å². The van der Waals surface area contributed by atoms with Crippen molar-refractivity contribution in [3.05, 3.63) is 70.9 Å². The zero-order chi connectivity index (χ0) is 21.9. The van der Waals surface area contributed by atoms with Crippen LogP contribution in [0.5, 0.6) is 5.88 Å². The van der Waals surface area contributed by atoms with E-state index in [-0.39, 0.29) is 24.2 Å². The zero-order valence-corrected chi connectivity index (χ0v) is 16.7. The summed E-state index contributed by atoms with van der Waals surface area (Å²) in [6.45, 7) is 5.37. The fourth-order valence-corrected chi connectivity index (χ4v) is 2.71. The van der Waals surface area contributed by atoms with Crippen LogP contribution < -0.4 is 10.1 Å². The standard InChI is InChI=1S/C22H20F3N3O2/c1-13-4-9-18(10-14(13)2)27-19(29)12-30-20-11-15(3)26-21(28-20)16-5-7-17(8-6-16)22(23,24)25/h4-11H,12H2,1-3H3,(H,27,29). The molecule has 0 unspecified atom stereocenters. The van der Waals surface area contributed by atoms with E-state index in [1.54, 1.807) is 19.1 Å². The second kappa shape index (κ2) is 8.52. The van der Waals surface area contributed by atoms with E-state index in [0.717, 1.165) is 23.3 Å². The van der Waals surface area contributed by atoms with E-state index in [1.165, 1.54) is 12.1 Å². The van der Waals surface area contributed by atoms with Crippen LogP contribution in [0.4, 0.5) is 18.9 Å². The molecule has 0 aliphatic heterocycles.